The van der Waals surface area contributed by atoms with Crippen LogP contribution in [0.5, 0.6) is 0 Å². The molecule has 0 radical (unpaired) electrons. The summed E-state index contributed by atoms with van der Waals surface area (Å²) in [5, 5.41) is 0. The van der Waals surface area contributed by atoms with Gasteiger partial charge in [-0.1, -0.05) is 34.1 Å². The van der Waals surface area contributed by atoms with E-state index in [0.717, 1.165) is 0 Å². The fourth-order valence-corrected chi connectivity index (χ4v) is 4.07. The normalized spacial score (nSPS) is 24.8. The van der Waals surface area contributed by atoms with Crippen LogP contribution in [0.1, 0.15) is 38.2 Å². The van der Waals surface area contributed by atoms with Gasteiger partial charge in [-0.3, -0.25) is 4.90 Å². The van der Waals surface area contributed by atoms with Crippen molar-refractivity contribution < 1.29 is 0 Å². The Hall–Kier alpha value is -0.340. The molecule has 1 aromatic rings. The van der Waals surface area contributed by atoms with Crippen LogP contribution < -0.4 is 0 Å². The van der Waals surface area contributed by atoms with Crippen molar-refractivity contribution in [3.63, 3.8) is 0 Å². The first-order chi connectivity index (χ1) is 8.24. The van der Waals surface area contributed by atoms with Crippen molar-refractivity contribution in [2.24, 2.45) is 0 Å². The van der Waals surface area contributed by atoms with Gasteiger partial charge in [0.2, 0.25) is 0 Å². The summed E-state index contributed by atoms with van der Waals surface area (Å²) in [7, 11) is 0. The summed E-state index contributed by atoms with van der Waals surface area (Å²) in [4.78, 5) is 2.69. The standard InChI is InChI=1S/C15H20BrN/c1-12(17-10-4-5-11-17)15(8-9-15)13-6-2-3-7-14(13)16/h2-3,6-7,12H,4-5,8-11H2,1H3. The SMILES string of the molecule is CC(N1CCCC1)C1(c2ccccc2Br)CC1. The Labute approximate surface area is 112 Å². The molecule has 1 aliphatic carbocycles. The first-order valence-corrected chi connectivity index (χ1v) is 7.52. The van der Waals surface area contributed by atoms with E-state index >= 15 is 0 Å². The number of benzene rings is 1. The molecule has 1 aromatic carbocycles. The minimum atomic E-state index is 0.435. The van der Waals surface area contributed by atoms with Crippen LogP contribution in [0.2, 0.25) is 0 Å². The van der Waals surface area contributed by atoms with Gasteiger partial charge in [-0.15, -0.1) is 0 Å². The molecule has 0 spiro atoms. The summed E-state index contributed by atoms with van der Waals surface area (Å²) in [6.45, 7) is 5.03. The van der Waals surface area contributed by atoms with Crippen LogP contribution in [0.15, 0.2) is 28.7 Å². The second kappa shape index (κ2) is 4.40. The average molecular weight is 294 g/mol. The minimum absolute atomic E-state index is 0.435. The highest BCUT2D eigenvalue weighted by Gasteiger charge is 2.51. The highest BCUT2D eigenvalue weighted by Crippen LogP contribution is 2.54. The molecule has 0 amide bonds. The number of hydrogen-bond donors (Lipinski definition) is 0. The van der Waals surface area contributed by atoms with Crippen LogP contribution in [0.4, 0.5) is 0 Å². The van der Waals surface area contributed by atoms with Crippen LogP contribution in [0.3, 0.4) is 0 Å². The molecule has 1 saturated heterocycles. The third-order valence-corrected chi connectivity index (χ3v) is 5.38. The van der Waals surface area contributed by atoms with E-state index in [2.05, 4.69) is 52.0 Å². The lowest BCUT2D eigenvalue weighted by molar-refractivity contribution is 0.214. The monoisotopic (exact) mass is 293 g/mol. The number of nitrogens with zero attached hydrogens (tertiary/aromatic N) is 1. The van der Waals surface area contributed by atoms with Crippen molar-refractivity contribution in [3.05, 3.63) is 34.3 Å². The summed E-state index contributed by atoms with van der Waals surface area (Å²) in [6, 6.07) is 9.49. The lowest BCUT2D eigenvalue weighted by Crippen LogP contribution is -2.40. The smallest absolute Gasteiger partial charge is 0.0213 e. The second-order valence-electron chi connectivity index (χ2n) is 5.56. The first kappa shape index (κ1) is 11.7. The Bertz CT molecular complexity index is 405. The van der Waals surface area contributed by atoms with Gasteiger partial charge >= 0.3 is 0 Å². The maximum Gasteiger partial charge on any atom is 0.0213 e. The molecule has 0 N–H and O–H groups in total. The molecule has 1 unspecified atom stereocenters. The maximum absolute atomic E-state index is 3.73. The molecule has 1 saturated carbocycles. The number of likely N-dealkylation sites (tertiary alicyclic amines) is 1. The van der Waals surface area contributed by atoms with E-state index in [0.29, 0.717) is 11.5 Å². The van der Waals surface area contributed by atoms with E-state index in [9.17, 15) is 0 Å². The zero-order chi connectivity index (χ0) is 11.9. The van der Waals surface area contributed by atoms with Crippen LogP contribution in [0.25, 0.3) is 0 Å². The molecule has 2 fully saturated rings. The third kappa shape index (κ3) is 1.96. The molecule has 0 aromatic heterocycles. The highest BCUT2D eigenvalue weighted by atomic mass is 79.9. The van der Waals surface area contributed by atoms with E-state index in [4.69, 9.17) is 0 Å². The van der Waals surface area contributed by atoms with E-state index < -0.39 is 0 Å². The van der Waals surface area contributed by atoms with Crippen molar-refractivity contribution in [3.8, 4) is 0 Å². The molecule has 2 aliphatic rings. The molecule has 17 heavy (non-hydrogen) atoms. The zero-order valence-electron chi connectivity index (χ0n) is 10.5. The minimum Gasteiger partial charge on any atom is -0.300 e. The molecule has 92 valence electrons. The van der Waals surface area contributed by atoms with Gasteiger partial charge in [0.25, 0.3) is 0 Å². The van der Waals surface area contributed by atoms with Gasteiger partial charge in [0.1, 0.15) is 0 Å². The van der Waals surface area contributed by atoms with E-state index in [1.54, 1.807) is 0 Å². The fourth-order valence-electron chi connectivity index (χ4n) is 3.39. The number of rotatable bonds is 3. The largest absolute Gasteiger partial charge is 0.300 e. The van der Waals surface area contributed by atoms with Crippen molar-refractivity contribution >= 4 is 15.9 Å². The fraction of sp³-hybridized carbons (Fsp3) is 0.600. The topological polar surface area (TPSA) is 3.24 Å². The Balaban J connectivity index is 1.88. The van der Waals surface area contributed by atoms with Crippen molar-refractivity contribution in [1.29, 1.82) is 0 Å². The van der Waals surface area contributed by atoms with Crippen molar-refractivity contribution in [1.82, 2.24) is 4.90 Å². The number of hydrogen-bond acceptors (Lipinski definition) is 1. The van der Waals surface area contributed by atoms with Crippen LogP contribution in [-0.4, -0.2) is 24.0 Å². The summed E-state index contributed by atoms with van der Waals surface area (Å²) >= 11 is 3.73. The average Bonchev–Trinajstić information content (AvgIpc) is 2.96. The van der Waals surface area contributed by atoms with Crippen molar-refractivity contribution in [2.45, 2.75) is 44.1 Å². The third-order valence-electron chi connectivity index (χ3n) is 4.69. The summed E-state index contributed by atoms with van der Waals surface area (Å²) in [5.41, 5.74) is 1.96. The molecule has 1 atom stereocenters. The lowest BCUT2D eigenvalue weighted by Gasteiger charge is -2.33. The summed E-state index contributed by atoms with van der Waals surface area (Å²) in [5.74, 6) is 0. The quantitative estimate of drug-likeness (QED) is 0.815. The van der Waals surface area contributed by atoms with Gasteiger partial charge in [0, 0.05) is 15.9 Å². The molecule has 0 bridgehead atoms. The summed E-state index contributed by atoms with van der Waals surface area (Å²) < 4.78 is 1.29. The molecule has 1 heterocycles. The van der Waals surface area contributed by atoms with Gasteiger partial charge in [0.05, 0.1) is 0 Å². The molecular weight excluding hydrogens is 274 g/mol. The van der Waals surface area contributed by atoms with E-state index in [1.807, 2.05) is 0 Å². The van der Waals surface area contributed by atoms with Gasteiger partial charge in [0.15, 0.2) is 0 Å². The van der Waals surface area contributed by atoms with Crippen LogP contribution in [-0.2, 0) is 5.41 Å². The maximum atomic E-state index is 3.73. The highest BCUT2D eigenvalue weighted by molar-refractivity contribution is 9.10. The van der Waals surface area contributed by atoms with E-state index in [1.165, 1.54) is 48.8 Å². The predicted octanol–water partition coefficient (Wildman–Crippen LogP) is 3.97. The Morgan fingerprint density at radius 2 is 1.82 bits per heavy atom. The van der Waals surface area contributed by atoms with Crippen LogP contribution in [0, 0.1) is 0 Å². The molecule has 1 aliphatic heterocycles. The first-order valence-electron chi connectivity index (χ1n) is 6.73. The zero-order valence-corrected chi connectivity index (χ0v) is 12.0. The van der Waals surface area contributed by atoms with Crippen LogP contribution >= 0.6 is 15.9 Å². The predicted molar refractivity (Wildman–Crippen MR) is 75.3 cm³/mol. The van der Waals surface area contributed by atoms with Crippen molar-refractivity contribution in [2.75, 3.05) is 13.1 Å². The van der Waals surface area contributed by atoms with Gasteiger partial charge < -0.3 is 0 Å². The molecule has 1 nitrogen and oxygen atoms in total. The number of halogens is 1. The molecular formula is C15H20BrN. The van der Waals surface area contributed by atoms with Gasteiger partial charge in [-0.25, -0.2) is 0 Å². The van der Waals surface area contributed by atoms with Gasteiger partial charge in [-0.05, 0) is 57.3 Å². The lowest BCUT2D eigenvalue weighted by atomic mass is 9.88. The van der Waals surface area contributed by atoms with E-state index in [-0.39, 0.29) is 0 Å². The molecule has 2 heteroatoms. The Morgan fingerprint density at radius 1 is 1.18 bits per heavy atom. The Morgan fingerprint density at radius 3 is 2.41 bits per heavy atom. The second-order valence-corrected chi connectivity index (χ2v) is 6.41. The van der Waals surface area contributed by atoms with Gasteiger partial charge in [-0.2, -0.15) is 0 Å². The molecule has 3 rings (SSSR count). The Kier molecular flexibility index (Phi) is 3.04. The summed E-state index contributed by atoms with van der Waals surface area (Å²) in [6.07, 6.45) is 5.48.